The van der Waals surface area contributed by atoms with E-state index in [-0.39, 0.29) is 5.97 Å². The molecule has 0 saturated carbocycles. The van der Waals surface area contributed by atoms with Crippen LogP contribution in [0.25, 0.3) is 0 Å². The zero-order valence-electron chi connectivity index (χ0n) is 13.0. The molecule has 0 aliphatic heterocycles. The molecule has 1 rings (SSSR count). The second-order valence-corrected chi connectivity index (χ2v) is 5.55. The van der Waals surface area contributed by atoms with Crippen molar-refractivity contribution in [3.05, 3.63) is 11.1 Å². The molecule has 6 heteroatoms. The van der Waals surface area contributed by atoms with Crippen LogP contribution in [-0.4, -0.2) is 37.3 Å². The fourth-order valence-corrected chi connectivity index (χ4v) is 2.46. The van der Waals surface area contributed by atoms with Gasteiger partial charge >= 0.3 is 5.97 Å². The van der Waals surface area contributed by atoms with E-state index in [0.717, 1.165) is 43.4 Å². The average molecular weight is 314 g/mol. The van der Waals surface area contributed by atoms with Crippen LogP contribution in [0.3, 0.4) is 0 Å². The number of aromatic nitrogens is 1. The van der Waals surface area contributed by atoms with E-state index in [2.05, 4.69) is 17.2 Å². The molecule has 120 valence electrons. The Morgan fingerprint density at radius 1 is 1.33 bits per heavy atom. The van der Waals surface area contributed by atoms with E-state index in [1.54, 1.807) is 11.3 Å². The molecular formula is C15H26N2O3S. The fourth-order valence-electron chi connectivity index (χ4n) is 1.68. The van der Waals surface area contributed by atoms with Crippen LogP contribution in [0.4, 0.5) is 5.13 Å². The van der Waals surface area contributed by atoms with Gasteiger partial charge in [0.15, 0.2) is 5.13 Å². The van der Waals surface area contributed by atoms with Crippen molar-refractivity contribution in [1.82, 2.24) is 4.98 Å². The molecule has 1 N–H and O–H groups in total. The molecule has 21 heavy (non-hydrogen) atoms. The highest BCUT2D eigenvalue weighted by atomic mass is 32.1. The van der Waals surface area contributed by atoms with Crippen molar-refractivity contribution in [2.75, 3.05) is 31.7 Å². The summed E-state index contributed by atoms with van der Waals surface area (Å²) in [6.45, 7) is 6.90. The largest absolute Gasteiger partial charge is 0.466 e. The molecular weight excluding hydrogens is 288 g/mol. The van der Waals surface area contributed by atoms with Gasteiger partial charge in [-0.15, -0.1) is 11.3 Å². The molecule has 1 heterocycles. The first kappa shape index (κ1) is 17.9. The van der Waals surface area contributed by atoms with Crippen LogP contribution in [0.5, 0.6) is 0 Å². The summed E-state index contributed by atoms with van der Waals surface area (Å²) in [4.78, 5) is 15.7. The lowest BCUT2D eigenvalue weighted by Gasteiger charge is -2.04. The third-order valence-corrected chi connectivity index (χ3v) is 3.68. The lowest BCUT2D eigenvalue weighted by molar-refractivity contribution is -0.143. The van der Waals surface area contributed by atoms with E-state index in [1.807, 2.05) is 12.3 Å². The van der Waals surface area contributed by atoms with E-state index in [0.29, 0.717) is 19.4 Å². The summed E-state index contributed by atoms with van der Waals surface area (Å²) in [5, 5.41) is 6.17. The molecule has 5 nitrogen and oxygen atoms in total. The van der Waals surface area contributed by atoms with Crippen molar-refractivity contribution >= 4 is 22.4 Å². The normalized spacial score (nSPS) is 10.6. The topological polar surface area (TPSA) is 60.5 Å². The van der Waals surface area contributed by atoms with Gasteiger partial charge < -0.3 is 14.8 Å². The zero-order chi connectivity index (χ0) is 15.3. The number of nitrogens with one attached hydrogen (secondary N) is 1. The Hall–Kier alpha value is -1.14. The SMILES string of the molecule is CCCCOCCCNc1nc(CCC(=O)OCC)cs1. The minimum Gasteiger partial charge on any atom is -0.466 e. The van der Waals surface area contributed by atoms with Crippen molar-refractivity contribution in [1.29, 1.82) is 0 Å². The second-order valence-electron chi connectivity index (χ2n) is 4.70. The van der Waals surface area contributed by atoms with Crippen molar-refractivity contribution in [3.63, 3.8) is 0 Å². The van der Waals surface area contributed by atoms with Crippen LogP contribution in [0, 0.1) is 0 Å². The van der Waals surface area contributed by atoms with Gasteiger partial charge in [-0.25, -0.2) is 4.98 Å². The summed E-state index contributed by atoms with van der Waals surface area (Å²) in [6, 6.07) is 0. The maximum absolute atomic E-state index is 11.3. The third-order valence-electron chi connectivity index (χ3n) is 2.83. The number of hydrogen-bond donors (Lipinski definition) is 1. The smallest absolute Gasteiger partial charge is 0.306 e. The Morgan fingerprint density at radius 2 is 2.14 bits per heavy atom. The molecule has 1 aromatic heterocycles. The van der Waals surface area contributed by atoms with Gasteiger partial charge in [-0.05, 0) is 19.8 Å². The molecule has 0 aliphatic rings. The quantitative estimate of drug-likeness (QED) is 0.474. The first-order valence-corrected chi connectivity index (χ1v) is 8.55. The van der Waals surface area contributed by atoms with Crippen molar-refractivity contribution in [2.45, 2.75) is 46.0 Å². The van der Waals surface area contributed by atoms with E-state index in [1.165, 1.54) is 6.42 Å². The van der Waals surface area contributed by atoms with Gasteiger partial charge in [-0.1, -0.05) is 13.3 Å². The van der Waals surface area contributed by atoms with E-state index >= 15 is 0 Å². The summed E-state index contributed by atoms with van der Waals surface area (Å²) >= 11 is 1.57. The lowest BCUT2D eigenvalue weighted by Crippen LogP contribution is -2.07. The predicted molar refractivity (Wildman–Crippen MR) is 85.9 cm³/mol. The number of nitrogens with zero attached hydrogens (tertiary/aromatic N) is 1. The summed E-state index contributed by atoms with van der Waals surface area (Å²) in [5.41, 5.74) is 0.940. The zero-order valence-corrected chi connectivity index (χ0v) is 13.8. The molecule has 1 aromatic rings. The Bertz CT molecular complexity index is 396. The van der Waals surface area contributed by atoms with E-state index < -0.39 is 0 Å². The highest BCUT2D eigenvalue weighted by molar-refractivity contribution is 7.13. The molecule has 0 aromatic carbocycles. The molecule has 0 fully saturated rings. The van der Waals surface area contributed by atoms with Crippen LogP contribution in [-0.2, 0) is 20.7 Å². The van der Waals surface area contributed by atoms with Gasteiger partial charge in [0.25, 0.3) is 0 Å². The van der Waals surface area contributed by atoms with E-state index in [9.17, 15) is 4.79 Å². The minimum atomic E-state index is -0.163. The Balaban J connectivity index is 2.10. The first-order chi connectivity index (χ1) is 10.3. The molecule has 0 saturated heterocycles. The second kappa shape index (κ2) is 11.5. The molecule has 0 radical (unpaired) electrons. The number of hydrogen-bond acceptors (Lipinski definition) is 6. The van der Waals surface area contributed by atoms with Gasteiger partial charge in [0.1, 0.15) is 0 Å². The molecule has 0 unspecified atom stereocenters. The standard InChI is InChI=1S/C15H26N2O3S/c1-3-5-10-19-11-6-9-16-15-17-13(12-21-15)7-8-14(18)20-4-2/h12H,3-11H2,1-2H3,(H,16,17). The average Bonchev–Trinajstić information content (AvgIpc) is 2.92. The number of ether oxygens (including phenoxy) is 2. The minimum absolute atomic E-state index is 0.163. The lowest BCUT2D eigenvalue weighted by atomic mass is 10.2. The Morgan fingerprint density at radius 3 is 2.90 bits per heavy atom. The Labute approximate surface area is 131 Å². The van der Waals surface area contributed by atoms with E-state index in [4.69, 9.17) is 9.47 Å². The van der Waals surface area contributed by atoms with Gasteiger partial charge in [0.05, 0.1) is 18.7 Å². The number of aryl methyl sites for hydroxylation is 1. The Kier molecular flexibility index (Phi) is 9.82. The van der Waals surface area contributed by atoms with Gasteiger partial charge in [0.2, 0.25) is 0 Å². The van der Waals surface area contributed by atoms with Crippen molar-refractivity contribution in [2.24, 2.45) is 0 Å². The number of carbonyl (C=O) groups is 1. The van der Waals surface area contributed by atoms with Gasteiger partial charge in [-0.3, -0.25) is 4.79 Å². The molecule has 0 aliphatic carbocycles. The maximum Gasteiger partial charge on any atom is 0.306 e. The summed E-state index contributed by atoms with van der Waals surface area (Å²) in [7, 11) is 0. The summed E-state index contributed by atoms with van der Waals surface area (Å²) < 4.78 is 10.4. The predicted octanol–water partition coefficient (Wildman–Crippen LogP) is 3.26. The van der Waals surface area contributed by atoms with Crippen LogP contribution in [0.2, 0.25) is 0 Å². The number of carbonyl (C=O) groups excluding carboxylic acids is 1. The monoisotopic (exact) mass is 314 g/mol. The number of unbranched alkanes of at least 4 members (excludes halogenated alkanes) is 1. The van der Waals surface area contributed by atoms with Crippen LogP contribution in [0.1, 0.15) is 45.2 Å². The highest BCUT2D eigenvalue weighted by Crippen LogP contribution is 2.16. The number of esters is 1. The third kappa shape index (κ3) is 8.67. The number of anilines is 1. The number of rotatable bonds is 12. The van der Waals surface area contributed by atoms with Gasteiger partial charge in [-0.2, -0.15) is 0 Å². The first-order valence-electron chi connectivity index (χ1n) is 7.67. The number of thiazole rings is 1. The molecule has 0 amide bonds. The van der Waals surface area contributed by atoms with Crippen LogP contribution >= 0.6 is 11.3 Å². The summed E-state index contributed by atoms with van der Waals surface area (Å²) in [5.74, 6) is -0.163. The fraction of sp³-hybridized carbons (Fsp3) is 0.733. The van der Waals surface area contributed by atoms with Crippen LogP contribution in [0.15, 0.2) is 5.38 Å². The molecule has 0 spiro atoms. The van der Waals surface area contributed by atoms with Crippen molar-refractivity contribution in [3.8, 4) is 0 Å². The summed E-state index contributed by atoms with van der Waals surface area (Å²) in [6.07, 6.45) is 4.30. The molecule has 0 atom stereocenters. The van der Waals surface area contributed by atoms with Crippen molar-refractivity contribution < 1.29 is 14.3 Å². The maximum atomic E-state index is 11.3. The van der Waals surface area contributed by atoms with Crippen LogP contribution < -0.4 is 5.32 Å². The van der Waals surface area contributed by atoms with Gasteiger partial charge in [0, 0.05) is 31.6 Å². The molecule has 0 bridgehead atoms. The highest BCUT2D eigenvalue weighted by Gasteiger charge is 2.06.